The van der Waals surface area contributed by atoms with Crippen LogP contribution in [-0.2, 0) is 31.4 Å². The Labute approximate surface area is 148 Å². The third-order valence-corrected chi connectivity index (χ3v) is 6.58. The highest BCUT2D eigenvalue weighted by Crippen LogP contribution is 2.37. The molecule has 0 aliphatic carbocycles. The van der Waals surface area contributed by atoms with Crippen LogP contribution in [0.15, 0.2) is 15.6 Å². The van der Waals surface area contributed by atoms with E-state index in [9.17, 15) is 28.2 Å². The number of aromatic nitrogens is 1. The maximum Gasteiger partial charge on any atom is 0.327 e. The van der Waals surface area contributed by atoms with E-state index < -0.39 is 27.4 Å². The van der Waals surface area contributed by atoms with Crippen molar-refractivity contribution >= 4 is 37.9 Å². The van der Waals surface area contributed by atoms with Crippen molar-refractivity contribution in [1.29, 1.82) is 0 Å². The van der Waals surface area contributed by atoms with E-state index >= 15 is 0 Å². The molecule has 2 N–H and O–H groups in total. The molecule has 0 spiro atoms. The van der Waals surface area contributed by atoms with E-state index in [1.807, 2.05) is 0 Å². The SMILES string of the molecule is CCc1c(S(=O)(=O)N(C)C)cnc(C(CC)(C(=O)O)C(=O)O)c1Br. The Morgan fingerprint density at radius 2 is 1.75 bits per heavy atom. The van der Waals surface area contributed by atoms with Crippen molar-refractivity contribution in [3.63, 3.8) is 0 Å². The summed E-state index contributed by atoms with van der Waals surface area (Å²) in [5, 5.41) is 19.0. The van der Waals surface area contributed by atoms with Gasteiger partial charge in [0.15, 0.2) is 0 Å². The number of carboxylic acids is 2. The molecule has 1 heterocycles. The maximum absolute atomic E-state index is 12.4. The fraction of sp³-hybridized carbons (Fsp3) is 0.500. The number of hydrogen-bond donors (Lipinski definition) is 2. The van der Waals surface area contributed by atoms with Crippen LogP contribution in [0.1, 0.15) is 31.5 Å². The Balaban J connectivity index is 3.85. The van der Waals surface area contributed by atoms with Crippen molar-refractivity contribution < 1.29 is 28.2 Å². The Bertz CT molecular complexity index is 762. The normalized spacial score (nSPS) is 12.4. The smallest absolute Gasteiger partial charge is 0.327 e. The monoisotopic (exact) mass is 422 g/mol. The van der Waals surface area contributed by atoms with Crippen molar-refractivity contribution in [2.75, 3.05) is 14.1 Å². The molecule has 134 valence electrons. The van der Waals surface area contributed by atoms with Crippen molar-refractivity contribution in [3.05, 3.63) is 21.9 Å². The second-order valence-electron chi connectivity index (χ2n) is 5.27. The number of carbonyl (C=O) groups is 2. The predicted molar refractivity (Wildman–Crippen MR) is 89.4 cm³/mol. The van der Waals surface area contributed by atoms with Gasteiger partial charge in [0, 0.05) is 24.8 Å². The molecule has 0 saturated carbocycles. The second-order valence-corrected chi connectivity index (χ2v) is 8.19. The van der Waals surface area contributed by atoms with Gasteiger partial charge in [0.25, 0.3) is 0 Å². The maximum atomic E-state index is 12.4. The lowest BCUT2D eigenvalue weighted by atomic mass is 9.81. The van der Waals surface area contributed by atoms with E-state index in [4.69, 9.17) is 0 Å². The Morgan fingerprint density at radius 3 is 2.08 bits per heavy atom. The highest BCUT2D eigenvalue weighted by Gasteiger charge is 2.50. The quantitative estimate of drug-likeness (QED) is 0.637. The minimum absolute atomic E-state index is 0.0829. The molecule has 0 unspecified atom stereocenters. The molecule has 0 aromatic carbocycles. The molecule has 0 aliphatic rings. The molecule has 1 rings (SSSR count). The molecule has 8 nitrogen and oxygen atoms in total. The number of rotatable bonds is 7. The second kappa shape index (κ2) is 7.16. The zero-order valence-electron chi connectivity index (χ0n) is 13.7. The first-order valence-corrected chi connectivity index (χ1v) is 9.28. The fourth-order valence-corrected chi connectivity index (χ4v) is 4.52. The predicted octanol–water partition coefficient (Wildman–Crippen LogP) is 1.47. The molecular weight excluding hydrogens is 404 g/mol. The van der Waals surface area contributed by atoms with Gasteiger partial charge in [0.05, 0.1) is 5.69 Å². The third-order valence-electron chi connectivity index (χ3n) is 3.86. The molecule has 0 bridgehead atoms. The van der Waals surface area contributed by atoms with E-state index in [1.54, 1.807) is 6.92 Å². The Kier molecular flexibility index (Phi) is 6.12. The molecule has 1 aromatic heterocycles. The number of aliphatic carboxylic acids is 2. The highest BCUT2D eigenvalue weighted by molar-refractivity contribution is 9.10. The average Bonchev–Trinajstić information content (AvgIpc) is 2.48. The van der Waals surface area contributed by atoms with Gasteiger partial charge >= 0.3 is 11.9 Å². The van der Waals surface area contributed by atoms with Gasteiger partial charge in [-0.15, -0.1) is 0 Å². The van der Waals surface area contributed by atoms with Crippen LogP contribution in [0.5, 0.6) is 0 Å². The first-order valence-electron chi connectivity index (χ1n) is 7.05. The summed E-state index contributed by atoms with van der Waals surface area (Å²) >= 11 is 3.18. The number of halogens is 1. The van der Waals surface area contributed by atoms with Gasteiger partial charge in [0.2, 0.25) is 15.4 Å². The zero-order chi connectivity index (χ0) is 18.9. The first-order chi connectivity index (χ1) is 11.0. The summed E-state index contributed by atoms with van der Waals surface area (Å²) in [6, 6.07) is 0. The Hall–Kier alpha value is -1.52. The summed E-state index contributed by atoms with van der Waals surface area (Å²) in [6.07, 6.45) is 1.02. The molecule has 24 heavy (non-hydrogen) atoms. The summed E-state index contributed by atoms with van der Waals surface area (Å²) in [4.78, 5) is 27.2. The van der Waals surface area contributed by atoms with E-state index in [0.717, 1.165) is 10.5 Å². The number of hydrogen-bond acceptors (Lipinski definition) is 5. The van der Waals surface area contributed by atoms with E-state index in [2.05, 4.69) is 20.9 Å². The summed E-state index contributed by atoms with van der Waals surface area (Å²) in [5.74, 6) is -3.12. The van der Waals surface area contributed by atoms with Crippen LogP contribution in [0.4, 0.5) is 0 Å². The molecule has 0 saturated heterocycles. The van der Waals surface area contributed by atoms with Crippen molar-refractivity contribution in [1.82, 2.24) is 9.29 Å². The summed E-state index contributed by atoms with van der Waals surface area (Å²) in [6.45, 7) is 3.11. The molecule has 10 heteroatoms. The fourth-order valence-electron chi connectivity index (χ4n) is 2.32. The van der Waals surface area contributed by atoms with Crippen molar-refractivity contribution in [2.24, 2.45) is 0 Å². The van der Waals surface area contributed by atoms with Crippen molar-refractivity contribution in [3.8, 4) is 0 Å². The molecule has 0 atom stereocenters. The molecule has 1 aromatic rings. The highest BCUT2D eigenvalue weighted by atomic mass is 79.9. The molecule has 0 radical (unpaired) electrons. The number of pyridine rings is 1. The van der Waals surface area contributed by atoms with E-state index in [0.29, 0.717) is 0 Å². The van der Waals surface area contributed by atoms with Gasteiger partial charge in [-0.2, -0.15) is 0 Å². The van der Waals surface area contributed by atoms with Crippen LogP contribution in [-0.4, -0.2) is 54.0 Å². The summed E-state index contributed by atoms with van der Waals surface area (Å²) < 4.78 is 25.9. The minimum Gasteiger partial charge on any atom is -0.480 e. The van der Waals surface area contributed by atoms with E-state index in [-0.39, 0.29) is 33.5 Å². The molecule has 0 amide bonds. The lowest BCUT2D eigenvalue weighted by Crippen LogP contribution is -2.44. The van der Waals surface area contributed by atoms with Gasteiger partial charge < -0.3 is 10.2 Å². The van der Waals surface area contributed by atoms with Gasteiger partial charge in [-0.3, -0.25) is 14.6 Å². The van der Waals surface area contributed by atoms with Gasteiger partial charge in [-0.1, -0.05) is 13.8 Å². The largest absolute Gasteiger partial charge is 0.480 e. The topological polar surface area (TPSA) is 125 Å². The Morgan fingerprint density at radius 1 is 1.25 bits per heavy atom. The van der Waals surface area contributed by atoms with Crippen molar-refractivity contribution in [2.45, 2.75) is 37.0 Å². The third kappa shape index (κ3) is 3.05. The minimum atomic E-state index is -3.81. The van der Waals surface area contributed by atoms with Gasteiger partial charge in [-0.05, 0) is 34.3 Å². The van der Waals surface area contributed by atoms with Crippen LogP contribution in [0.3, 0.4) is 0 Å². The molecule has 0 fully saturated rings. The lowest BCUT2D eigenvalue weighted by Gasteiger charge is -2.26. The molecular formula is C14H19BrN2O6S. The summed E-state index contributed by atoms with van der Waals surface area (Å²) in [5.41, 5.74) is -2.20. The lowest BCUT2D eigenvalue weighted by molar-refractivity contribution is -0.158. The zero-order valence-corrected chi connectivity index (χ0v) is 16.1. The van der Waals surface area contributed by atoms with Crippen LogP contribution in [0.2, 0.25) is 0 Å². The standard InChI is InChI=1S/C14H19BrN2O6S/c1-5-8-9(24(22,23)17(3)4)7-16-11(10(8)15)14(6-2,12(18)19)13(20)21/h7H,5-6H2,1-4H3,(H,18,19)(H,20,21). The average molecular weight is 423 g/mol. The van der Waals surface area contributed by atoms with E-state index in [1.165, 1.54) is 21.0 Å². The van der Waals surface area contributed by atoms with Gasteiger partial charge in [0.1, 0.15) is 4.90 Å². The number of sulfonamides is 1. The van der Waals surface area contributed by atoms with Crippen LogP contribution < -0.4 is 0 Å². The molecule has 0 aliphatic heterocycles. The van der Waals surface area contributed by atoms with Crippen LogP contribution in [0, 0.1) is 0 Å². The van der Waals surface area contributed by atoms with Crippen LogP contribution in [0.25, 0.3) is 0 Å². The number of carboxylic acid groups (broad SMARTS) is 2. The first kappa shape index (κ1) is 20.5. The number of nitrogens with zero attached hydrogens (tertiary/aromatic N) is 2. The van der Waals surface area contributed by atoms with Crippen LogP contribution >= 0.6 is 15.9 Å². The van der Waals surface area contributed by atoms with Gasteiger partial charge in [-0.25, -0.2) is 12.7 Å². The summed E-state index contributed by atoms with van der Waals surface area (Å²) in [7, 11) is -1.08.